The van der Waals surface area contributed by atoms with Gasteiger partial charge in [0.25, 0.3) is 0 Å². The highest BCUT2D eigenvalue weighted by Gasteiger charge is 2.09. The van der Waals surface area contributed by atoms with Crippen LogP contribution < -0.4 is 0 Å². The Hall–Kier alpha value is -2.13. The van der Waals surface area contributed by atoms with Gasteiger partial charge in [0.1, 0.15) is 5.82 Å². The van der Waals surface area contributed by atoms with E-state index in [9.17, 15) is 9.18 Å². The molecule has 0 N–H and O–H groups in total. The van der Waals surface area contributed by atoms with Crippen molar-refractivity contribution in [3.8, 4) is 0 Å². The molecule has 4 heteroatoms. The van der Waals surface area contributed by atoms with Crippen LogP contribution in [0.5, 0.6) is 0 Å². The van der Waals surface area contributed by atoms with Gasteiger partial charge in [-0.25, -0.2) is 4.39 Å². The smallest absolute Gasteiger partial charge is 0.152 e. The first kappa shape index (κ1) is 12.9. The predicted molar refractivity (Wildman–Crippen MR) is 77.8 cm³/mol. The first-order valence-corrected chi connectivity index (χ1v) is 6.53. The zero-order chi connectivity index (χ0) is 14.1. The SMILES string of the molecule is O=Cc1cn(Cc2ccc(Cl)cc2)c2cc(F)ccc12. The maximum absolute atomic E-state index is 13.4. The van der Waals surface area contributed by atoms with Gasteiger partial charge in [-0.2, -0.15) is 0 Å². The molecule has 0 unspecified atom stereocenters. The van der Waals surface area contributed by atoms with E-state index in [2.05, 4.69) is 0 Å². The maximum atomic E-state index is 13.4. The Morgan fingerprint density at radius 3 is 2.60 bits per heavy atom. The van der Waals surface area contributed by atoms with E-state index < -0.39 is 0 Å². The summed E-state index contributed by atoms with van der Waals surface area (Å²) in [5, 5.41) is 1.43. The van der Waals surface area contributed by atoms with Gasteiger partial charge in [-0.15, -0.1) is 0 Å². The lowest BCUT2D eigenvalue weighted by Crippen LogP contribution is -1.97. The number of rotatable bonds is 3. The summed E-state index contributed by atoms with van der Waals surface area (Å²) in [4.78, 5) is 11.1. The summed E-state index contributed by atoms with van der Waals surface area (Å²) in [6.07, 6.45) is 2.53. The molecule has 1 heterocycles. The molecule has 2 nitrogen and oxygen atoms in total. The number of nitrogens with zero attached hydrogens (tertiary/aromatic N) is 1. The van der Waals surface area contributed by atoms with Gasteiger partial charge in [-0.1, -0.05) is 23.7 Å². The molecular formula is C16H11ClFNO. The minimum atomic E-state index is -0.314. The number of hydrogen-bond donors (Lipinski definition) is 0. The second-order valence-electron chi connectivity index (χ2n) is 4.62. The van der Waals surface area contributed by atoms with Gasteiger partial charge in [0.05, 0.1) is 5.52 Å². The van der Waals surface area contributed by atoms with E-state index in [0.29, 0.717) is 22.6 Å². The van der Waals surface area contributed by atoms with Gasteiger partial charge in [-0.3, -0.25) is 4.79 Å². The summed E-state index contributed by atoms with van der Waals surface area (Å²) in [6, 6.07) is 11.9. The van der Waals surface area contributed by atoms with Crippen LogP contribution in [0.15, 0.2) is 48.7 Å². The fraction of sp³-hybridized carbons (Fsp3) is 0.0625. The fourth-order valence-electron chi connectivity index (χ4n) is 2.30. The van der Waals surface area contributed by atoms with Gasteiger partial charge >= 0.3 is 0 Å². The molecule has 0 saturated carbocycles. The molecule has 0 bridgehead atoms. The van der Waals surface area contributed by atoms with Crippen LogP contribution in [0.4, 0.5) is 4.39 Å². The maximum Gasteiger partial charge on any atom is 0.152 e. The molecule has 0 amide bonds. The Labute approximate surface area is 120 Å². The van der Waals surface area contributed by atoms with Crippen molar-refractivity contribution in [2.24, 2.45) is 0 Å². The van der Waals surface area contributed by atoms with Crippen LogP contribution in [-0.2, 0) is 6.54 Å². The molecule has 0 aliphatic rings. The monoisotopic (exact) mass is 287 g/mol. The molecule has 0 fully saturated rings. The van der Waals surface area contributed by atoms with E-state index >= 15 is 0 Å². The molecule has 2 aromatic carbocycles. The van der Waals surface area contributed by atoms with Crippen molar-refractivity contribution in [1.29, 1.82) is 0 Å². The van der Waals surface area contributed by atoms with E-state index in [1.54, 1.807) is 12.3 Å². The van der Waals surface area contributed by atoms with Gasteiger partial charge < -0.3 is 4.57 Å². The molecule has 3 rings (SSSR count). The van der Waals surface area contributed by atoms with Gasteiger partial charge in [0.2, 0.25) is 0 Å². The van der Waals surface area contributed by atoms with E-state index in [0.717, 1.165) is 17.2 Å². The molecule has 100 valence electrons. The van der Waals surface area contributed by atoms with Crippen LogP contribution in [0, 0.1) is 5.82 Å². The molecule has 3 aromatic rings. The zero-order valence-electron chi connectivity index (χ0n) is 10.5. The molecule has 0 radical (unpaired) electrons. The van der Waals surface area contributed by atoms with Crippen LogP contribution in [-0.4, -0.2) is 10.9 Å². The van der Waals surface area contributed by atoms with Crippen molar-refractivity contribution < 1.29 is 9.18 Å². The largest absolute Gasteiger partial charge is 0.342 e. The minimum absolute atomic E-state index is 0.314. The zero-order valence-corrected chi connectivity index (χ0v) is 11.3. The molecule has 0 atom stereocenters. The van der Waals surface area contributed by atoms with Crippen molar-refractivity contribution in [2.45, 2.75) is 6.54 Å². The van der Waals surface area contributed by atoms with E-state index in [1.807, 2.05) is 28.8 Å². The Kier molecular flexibility index (Phi) is 3.28. The number of carbonyl (C=O) groups excluding carboxylic acids is 1. The highest BCUT2D eigenvalue weighted by Crippen LogP contribution is 2.22. The van der Waals surface area contributed by atoms with Crippen LogP contribution in [0.25, 0.3) is 10.9 Å². The van der Waals surface area contributed by atoms with Crippen LogP contribution in [0.2, 0.25) is 5.02 Å². The van der Waals surface area contributed by atoms with Crippen LogP contribution in [0.3, 0.4) is 0 Å². The van der Waals surface area contributed by atoms with E-state index in [1.165, 1.54) is 12.1 Å². The quantitative estimate of drug-likeness (QED) is 0.659. The topological polar surface area (TPSA) is 22.0 Å². The minimum Gasteiger partial charge on any atom is -0.342 e. The first-order valence-electron chi connectivity index (χ1n) is 6.15. The molecule has 0 saturated heterocycles. The number of hydrogen-bond acceptors (Lipinski definition) is 1. The van der Waals surface area contributed by atoms with E-state index in [-0.39, 0.29) is 5.82 Å². The highest BCUT2D eigenvalue weighted by molar-refractivity contribution is 6.30. The molecule has 1 aromatic heterocycles. The lowest BCUT2D eigenvalue weighted by atomic mass is 10.2. The van der Waals surface area contributed by atoms with Gasteiger partial charge in [0.15, 0.2) is 6.29 Å². The summed E-state index contributed by atoms with van der Waals surface area (Å²) in [6.45, 7) is 0.560. The van der Waals surface area contributed by atoms with Crippen LogP contribution >= 0.6 is 11.6 Å². The summed E-state index contributed by atoms with van der Waals surface area (Å²) < 4.78 is 15.3. The summed E-state index contributed by atoms with van der Waals surface area (Å²) in [7, 11) is 0. The number of carbonyl (C=O) groups is 1. The second kappa shape index (κ2) is 5.10. The summed E-state index contributed by atoms with van der Waals surface area (Å²) >= 11 is 5.85. The average Bonchev–Trinajstić information content (AvgIpc) is 2.79. The molecular weight excluding hydrogens is 277 g/mol. The molecule has 0 aliphatic carbocycles. The fourth-order valence-corrected chi connectivity index (χ4v) is 2.43. The van der Waals surface area contributed by atoms with Gasteiger partial charge in [-0.05, 0) is 35.9 Å². The van der Waals surface area contributed by atoms with Crippen molar-refractivity contribution in [3.05, 3.63) is 70.6 Å². The molecule has 0 aliphatic heterocycles. The number of benzene rings is 2. The third-order valence-electron chi connectivity index (χ3n) is 3.27. The lowest BCUT2D eigenvalue weighted by Gasteiger charge is -2.06. The third-order valence-corrected chi connectivity index (χ3v) is 3.52. The van der Waals surface area contributed by atoms with Crippen molar-refractivity contribution >= 4 is 28.8 Å². The lowest BCUT2D eigenvalue weighted by molar-refractivity contribution is 0.112. The number of aldehydes is 1. The second-order valence-corrected chi connectivity index (χ2v) is 5.05. The summed E-state index contributed by atoms with van der Waals surface area (Å²) in [5.74, 6) is -0.314. The highest BCUT2D eigenvalue weighted by atomic mass is 35.5. The Balaban J connectivity index is 2.08. The molecule has 20 heavy (non-hydrogen) atoms. The van der Waals surface area contributed by atoms with Crippen molar-refractivity contribution in [1.82, 2.24) is 4.57 Å². The standard InChI is InChI=1S/C16H11ClFNO/c17-13-3-1-11(2-4-13)8-19-9-12(10-20)15-6-5-14(18)7-16(15)19/h1-7,9-10H,8H2. The normalized spacial score (nSPS) is 10.9. The molecule has 0 spiro atoms. The van der Waals surface area contributed by atoms with Crippen molar-refractivity contribution in [2.75, 3.05) is 0 Å². The Bertz CT molecular complexity index is 777. The first-order chi connectivity index (χ1) is 9.67. The number of aromatic nitrogens is 1. The average molecular weight is 288 g/mol. The summed E-state index contributed by atoms with van der Waals surface area (Å²) in [5.41, 5.74) is 2.31. The Morgan fingerprint density at radius 1 is 1.15 bits per heavy atom. The predicted octanol–water partition coefficient (Wildman–Crippen LogP) is 4.29. The third kappa shape index (κ3) is 2.32. The van der Waals surface area contributed by atoms with Crippen molar-refractivity contribution in [3.63, 3.8) is 0 Å². The Morgan fingerprint density at radius 2 is 1.90 bits per heavy atom. The number of halogens is 2. The van der Waals surface area contributed by atoms with E-state index in [4.69, 9.17) is 11.6 Å². The van der Waals surface area contributed by atoms with Crippen LogP contribution in [0.1, 0.15) is 15.9 Å². The van der Waals surface area contributed by atoms with Gasteiger partial charge in [0, 0.05) is 28.7 Å². The number of fused-ring (bicyclic) bond motifs is 1.